The van der Waals surface area contributed by atoms with Crippen LogP contribution in [0, 0.1) is 6.92 Å². The van der Waals surface area contributed by atoms with Gasteiger partial charge in [0.25, 0.3) is 10.0 Å². The first-order valence-electron chi connectivity index (χ1n) is 6.72. The van der Waals surface area contributed by atoms with Crippen molar-refractivity contribution >= 4 is 31.8 Å². The number of nitrogens with zero attached hydrogens (tertiary/aromatic N) is 1. The first kappa shape index (κ1) is 14.5. The van der Waals surface area contributed by atoms with E-state index in [1.165, 1.54) is 5.56 Å². The average molecular weight is 367 g/mol. The second kappa shape index (κ2) is 5.42. The van der Waals surface area contributed by atoms with Crippen molar-refractivity contribution in [3.63, 3.8) is 0 Å². The van der Waals surface area contributed by atoms with Crippen molar-refractivity contribution < 1.29 is 8.42 Å². The monoisotopic (exact) mass is 366 g/mol. The third kappa shape index (κ3) is 2.96. The number of sulfonamides is 1. The molecule has 0 atom stereocenters. The van der Waals surface area contributed by atoms with Crippen molar-refractivity contribution in [1.82, 2.24) is 4.98 Å². The summed E-state index contributed by atoms with van der Waals surface area (Å²) in [5.41, 5.74) is 3.32. The summed E-state index contributed by atoms with van der Waals surface area (Å²) in [6, 6.07) is 7.06. The Morgan fingerprint density at radius 2 is 1.95 bits per heavy atom. The lowest BCUT2D eigenvalue weighted by Crippen LogP contribution is -2.14. The topological polar surface area (TPSA) is 59.1 Å². The molecule has 2 aromatic rings. The van der Waals surface area contributed by atoms with Gasteiger partial charge in [0, 0.05) is 10.7 Å². The zero-order chi connectivity index (χ0) is 15.0. The van der Waals surface area contributed by atoms with Crippen LogP contribution in [0.4, 0.5) is 5.82 Å². The molecule has 6 heteroatoms. The zero-order valence-corrected chi connectivity index (χ0v) is 14.0. The van der Waals surface area contributed by atoms with Gasteiger partial charge in [0.2, 0.25) is 0 Å². The fraction of sp³-hybridized carbons (Fsp3) is 0.267. The highest BCUT2D eigenvalue weighted by Crippen LogP contribution is 2.26. The average Bonchev–Trinajstić information content (AvgIpc) is 2.90. The van der Waals surface area contributed by atoms with Gasteiger partial charge in [-0.2, -0.15) is 0 Å². The lowest BCUT2D eigenvalue weighted by molar-refractivity contribution is 0.601. The number of hydrogen-bond acceptors (Lipinski definition) is 3. The summed E-state index contributed by atoms with van der Waals surface area (Å²) in [6.45, 7) is 1.89. The maximum absolute atomic E-state index is 12.4. The van der Waals surface area contributed by atoms with Crippen LogP contribution >= 0.6 is 15.9 Å². The SMILES string of the molecule is Cc1cc(NS(=O)(=O)c2ccc3c(c2)CCC3)ncc1Br. The van der Waals surface area contributed by atoms with Crippen LogP contribution in [0.25, 0.3) is 0 Å². The Morgan fingerprint density at radius 3 is 2.71 bits per heavy atom. The Morgan fingerprint density at radius 1 is 1.19 bits per heavy atom. The van der Waals surface area contributed by atoms with Gasteiger partial charge in [0.15, 0.2) is 0 Å². The van der Waals surface area contributed by atoms with E-state index in [1.807, 2.05) is 13.0 Å². The van der Waals surface area contributed by atoms with Crippen LogP contribution < -0.4 is 4.72 Å². The van der Waals surface area contributed by atoms with Gasteiger partial charge in [-0.25, -0.2) is 13.4 Å². The van der Waals surface area contributed by atoms with E-state index in [0.717, 1.165) is 34.9 Å². The second-order valence-corrected chi connectivity index (χ2v) is 7.75. The molecule has 4 nitrogen and oxygen atoms in total. The van der Waals surface area contributed by atoms with E-state index in [1.54, 1.807) is 24.4 Å². The molecule has 21 heavy (non-hydrogen) atoms. The zero-order valence-electron chi connectivity index (χ0n) is 11.6. The van der Waals surface area contributed by atoms with Gasteiger partial charge >= 0.3 is 0 Å². The van der Waals surface area contributed by atoms with Crippen molar-refractivity contribution in [2.45, 2.75) is 31.1 Å². The van der Waals surface area contributed by atoms with Crippen LogP contribution in [0.5, 0.6) is 0 Å². The number of rotatable bonds is 3. The number of nitrogens with one attached hydrogen (secondary N) is 1. The van der Waals surface area contributed by atoms with Gasteiger partial charge in [-0.15, -0.1) is 0 Å². The summed E-state index contributed by atoms with van der Waals surface area (Å²) >= 11 is 3.35. The minimum Gasteiger partial charge on any atom is -0.263 e. The number of aromatic nitrogens is 1. The van der Waals surface area contributed by atoms with Crippen molar-refractivity contribution in [3.05, 3.63) is 51.6 Å². The molecule has 3 rings (SSSR count). The van der Waals surface area contributed by atoms with Gasteiger partial charge in [0.05, 0.1) is 4.90 Å². The highest BCUT2D eigenvalue weighted by molar-refractivity contribution is 9.10. The molecular formula is C15H15BrN2O2S. The molecule has 0 aliphatic heterocycles. The molecule has 110 valence electrons. The van der Waals surface area contributed by atoms with Gasteiger partial charge in [0.1, 0.15) is 5.82 Å². The normalized spacial score (nSPS) is 14.0. The van der Waals surface area contributed by atoms with Crippen molar-refractivity contribution in [2.24, 2.45) is 0 Å². The summed E-state index contributed by atoms with van der Waals surface area (Å²) < 4.78 is 28.3. The van der Waals surface area contributed by atoms with Gasteiger partial charge in [-0.3, -0.25) is 4.72 Å². The molecule has 0 amide bonds. The Hall–Kier alpha value is -1.40. The molecule has 1 aromatic heterocycles. The summed E-state index contributed by atoms with van der Waals surface area (Å²) in [5.74, 6) is 0.330. The van der Waals surface area contributed by atoms with E-state index in [-0.39, 0.29) is 0 Å². The molecule has 1 aliphatic rings. The summed E-state index contributed by atoms with van der Waals surface area (Å²) in [6.07, 6.45) is 4.68. The quantitative estimate of drug-likeness (QED) is 0.904. The largest absolute Gasteiger partial charge is 0.263 e. The summed E-state index contributed by atoms with van der Waals surface area (Å²) in [7, 11) is -3.59. The molecule has 1 heterocycles. The highest BCUT2D eigenvalue weighted by atomic mass is 79.9. The maximum atomic E-state index is 12.4. The summed E-state index contributed by atoms with van der Waals surface area (Å²) in [4.78, 5) is 4.38. The summed E-state index contributed by atoms with van der Waals surface area (Å²) in [5, 5.41) is 0. The minimum atomic E-state index is -3.59. The van der Waals surface area contributed by atoms with Gasteiger partial charge < -0.3 is 0 Å². The Kier molecular flexibility index (Phi) is 3.75. The third-order valence-corrected chi connectivity index (χ3v) is 5.85. The fourth-order valence-corrected chi connectivity index (χ4v) is 3.77. The molecule has 0 saturated carbocycles. The number of pyridine rings is 1. The van der Waals surface area contributed by atoms with E-state index >= 15 is 0 Å². The van der Waals surface area contributed by atoms with Crippen LogP contribution in [0.3, 0.4) is 0 Å². The number of hydrogen-bond donors (Lipinski definition) is 1. The lowest BCUT2D eigenvalue weighted by atomic mass is 10.1. The molecule has 0 radical (unpaired) electrons. The molecule has 0 unspecified atom stereocenters. The van der Waals surface area contributed by atoms with Crippen molar-refractivity contribution in [3.8, 4) is 0 Å². The number of benzene rings is 1. The maximum Gasteiger partial charge on any atom is 0.263 e. The van der Waals surface area contributed by atoms with Crippen molar-refractivity contribution in [1.29, 1.82) is 0 Å². The Bertz CT molecular complexity index is 803. The van der Waals surface area contributed by atoms with E-state index in [0.29, 0.717) is 10.7 Å². The molecule has 0 fully saturated rings. The number of fused-ring (bicyclic) bond motifs is 1. The fourth-order valence-electron chi connectivity index (χ4n) is 2.51. The van der Waals surface area contributed by atoms with Crippen molar-refractivity contribution in [2.75, 3.05) is 4.72 Å². The van der Waals surface area contributed by atoms with Crippen LogP contribution in [0.2, 0.25) is 0 Å². The van der Waals surface area contributed by atoms with Gasteiger partial charge in [-0.05, 0) is 77.0 Å². The lowest BCUT2D eigenvalue weighted by Gasteiger charge is -2.10. The van der Waals surface area contributed by atoms with E-state index in [4.69, 9.17) is 0 Å². The van der Waals surface area contributed by atoms with E-state index in [9.17, 15) is 8.42 Å². The second-order valence-electron chi connectivity index (χ2n) is 5.21. The van der Waals surface area contributed by atoms with Crippen LogP contribution in [-0.2, 0) is 22.9 Å². The molecule has 0 saturated heterocycles. The molecule has 1 aliphatic carbocycles. The molecular weight excluding hydrogens is 352 g/mol. The standard InChI is InChI=1S/C15H15BrN2O2S/c1-10-7-15(17-9-14(10)16)18-21(19,20)13-6-5-11-3-2-4-12(11)8-13/h5-9H,2-4H2,1H3,(H,17,18). The first-order chi connectivity index (χ1) is 9.95. The van der Waals surface area contributed by atoms with Crippen LogP contribution in [-0.4, -0.2) is 13.4 Å². The Labute approximate surface area is 132 Å². The van der Waals surface area contributed by atoms with E-state index in [2.05, 4.69) is 25.6 Å². The minimum absolute atomic E-state index is 0.297. The molecule has 0 spiro atoms. The highest BCUT2D eigenvalue weighted by Gasteiger charge is 2.19. The molecule has 1 N–H and O–H groups in total. The molecule has 1 aromatic carbocycles. The first-order valence-corrected chi connectivity index (χ1v) is 9.00. The predicted molar refractivity (Wildman–Crippen MR) is 85.9 cm³/mol. The number of anilines is 1. The predicted octanol–water partition coefficient (Wildman–Crippen LogP) is 3.44. The molecule has 0 bridgehead atoms. The Balaban J connectivity index is 1.91. The third-order valence-electron chi connectivity index (χ3n) is 3.67. The van der Waals surface area contributed by atoms with E-state index < -0.39 is 10.0 Å². The number of aryl methyl sites for hydroxylation is 3. The van der Waals surface area contributed by atoms with Crippen LogP contribution in [0.1, 0.15) is 23.1 Å². The number of halogens is 1. The smallest absolute Gasteiger partial charge is 0.263 e. The van der Waals surface area contributed by atoms with Crippen LogP contribution in [0.15, 0.2) is 39.8 Å². The van der Waals surface area contributed by atoms with Gasteiger partial charge in [-0.1, -0.05) is 6.07 Å².